The van der Waals surface area contributed by atoms with Gasteiger partial charge >= 0.3 is 5.97 Å². The number of likely N-dealkylation sites (tertiary alicyclic amines) is 2. The van der Waals surface area contributed by atoms with Crippen molar-refractivity contribution >= 4 is 59.9 Å². The summed E-state index contributed by atoms with van der Waals surface area (Å²) >= 11 is 12.6. The minimum atomic E-state index is -0.725. The number of halogens is 4. The van der Waals surface area contributed by atoms with Gasteiger partial charge in [0.05, 0.1) is 18.1 Å². The summed E-state index contributed by atoms with van der Waals surface area (Å²) < 4.78 is 6.20. The van der Waals surface area contributed by atoms with Crippen LogP contribution in [0, 0.1) is 11.8 Å². The number of pyridine rings is 1. The quantitative estimate of drug-likeness (QED) is 0.296. The highest BCUT2D eigenvalue weighted by Crippen LogP contribution is 2.34. The molecule has 0 saturated carbocycles. The van der Waals surface area contributed by atoms with Gasteiger partial charge in [0.15, 0.2) is 5.75 Å². The summed E-state index contributed by atoms with van der Waals surface area (Å²) in [5, 5.41) is 10.2. The van der Waals surface area contributed by atoms with Gasteiger partial charge in [0.1, 0.15) is 0 Å². The number of fused-ring (bicyclic) bond motifs is 1. The molecule has 0 radical (unpaired) electrons. The number of benzene rings is 1. The van der Waals surface area contributed by atoms with Gasteiger partial charge in [-0.05, 0) is 81.1 Å². The van der Waals surface area contributed by atoms with E-state index in [-0.39, 0.29) is 37.2 Å². The molecule has 2 aromatic heterocycles. The first kappa shape index (κ1) is 33.5. The third-order valence-electron chi connectivity index (χ3n) is 8.42. The maximum Gasteiger partial charge on any atom is 0.303 e. The Morgan fingerprint density at radius 3 is 2.35 bits per heavy atom. The van der Waals surface area contributed by atoms with Crippen molar-refractivity contribution in [1.29, 1.82) is 0 Å². The van der Waals surface area contributed by atoms with Crippen molar-refractivity contribution in [1.82, 2.24) is 24.8 Å². The largest absolute Gasteiger partial charge is 0.481 e. The zero-order valence-electron chi connectivity index (χ0n) is 23.9. The molecule has 5 heterocycles. The lowest BCUT2D eigenvalue weighted by Crippen LogP contribution is -2.35. The molecule has 3 fully saturated rings. The van der Waals surface area contributed by atoms with Crippen LogP contribution in [0.3, 0.4) is 0 Å². The summed E-state index contributed by atoms with van der Waals surface area (Å²) in [6, 6.07) is 9.80. The fraction of sp³-hybridized carbons (Fsp3) is 0.467. The summed E-state index contributed by atoms with van der Waals surface area (Å²) in [5.41, 5.74) is 2.53. The molecule has 1 aromatic carbocycles. The van der Waals surface area contributed by atoms with Crippen molar-refractivity contribution in [3.05, 3.63) is 58.3 Å². The van der Waals surface area contributed by atoms with Gasteiger partial charge in [-0.2, -0.15) is 0 Å². The van der Waals surface area contributed by atoms with Crippen LogP contribution in [-0.2, 0) is 11.3 Å². The van der Waals surface area contributed by atoms with E-state index in [0.29, 0.717) is 45.9 Å². The van der Waals surface area contributed by atoms with E-state index in [1.54, 1.807) is 18.5 Å². The van der Waals surface area contributed by atoms with Gasteiger partial charge in [0, 0.05) is 60.3 Å². The smallest absolute Gasteiger partial charge is 0.303 e. The first-order valence-corrected chi connectivity index (χ1v) is 14.9. The molecule has 43 heavy (non-hydrogen) atoms. The van der Waals surface area contributed by atoms with Gasteiger partial charge < -0.3 is 19.6 Å². The Balaban J connectivity index is 0.00000212. The van der Waals surface area contributed by atoms with Gasteiger partial charge in [-0.1, -0.05) is 23.2 Å². The highest BCUT2D eigenvalue weighted by atomic mass is 35.5. The van der Waals surface area contributed by atoms with Gasteiger partial charge in [-0.25, -0.2) is 15.0 Å². The molecular formula is C30H36Cl4N6O3. The van der Waals surface area contributed by atoms with E-state index in [4.69, 9.17) is 38.0 Å². The van der Waals surface area contributed by atoms with Gasteiger partial charge in [0.2, 0.25) is 11.8 Å². The fourth-order valence-electron chi connectivity index (χ4n) is 6.46. The number of likely N-dealkylation sites (N-methyl/N-ethyl adjacent to an activating group) is 1. The van der Waals surface area contributed by atoms with E-state index >= 15 is 0 Å². The van der Waals surface area contributed by atoms with Gasteiger partial charge in [-0.3, -0.25) is 9.69 Å². The first-order chi connectivity index (χ1) is 19.8. The second-order valence-corrected chi connectivity index (χ2v) is 12.4. The summed E-state index contributed by atoms with van der Waals surface area (Å²) in [4.78, 5) is 32.2. The Hall–Kier alpha value is -2.40. The Labute approximate surface area is 274 Å². The molecule has 2 atom stereocenters. The number of carboxylic acid groups (broad SMARTS) is 1. The van der Waals surface area contributed by atoms with E-state index in [2.05, 4.69) is 31.7 Å². The number of hydrogen-bond acceptors (Lipinski definition) is 8. The van der Waals surface area contributed by atoms with Gasteiger partial charge in [-0.15, -0.1) is 24.8 Å². The van der Waals surface area contributed by atoms with Gasteiger partial charge in [0.25, 0.3) is 0 Å². The highest BCUT2D eigenvalue weighted by Gasteiger charge is 2.41. The van der Waals surface area contributed by atoms with Crippen LogP contribution in [0.5, 0.6) is 11.6 Å². The summed E-state index contributed by atoms with van der Waals surface area (Å²) in [5.74, 6) is 1.87. The molecule has 2 unspecified atom stereocenters. The first-order valence-electron chi connectivity index (χ1n) is 14.2. The average Bonchev–Trinajstić information content (AvgIpc) is 3.48. The van der Waals surface area contributed by atoms with Crippen LogP contribution in [0.2, 0.25) is 10.0 Å². The molecular weight excluding hydrogens is 634 g/mol. The van der Waals surface area contributed by atoms with Crippen molar-refractivity contribution in [2.75, 3.05) is 44.7 Å². The summed E-state index contributed by atoms with van der Waals surface area (Å²) in [7, 11) is 2.17. The van der Waals surface area contributed by atoms with Crippen LogP contribution < -0.4 is 9.64 Å². The second kappa shape index (κ2) is 14.6. The molecule has 3 aliphatic rings. The number of carbonyl (C=O) groups is 1. The Bertz CT molecular complexity index is 1390. The monoisotopic (exact) mass is 668 g/mol. The topological polar surface area (TPSA) is 94.9 Å². The van der Waals surface area contributed by atoms with Crippen LogP contribution in [0.1, 0.15) is 31.2 Å². The van der Waals surface area contributed by atoms with Crippen molar-refractivity contribution < 1.29 is 14.6 Å². The molecule has 13 heteroatoms. The standard InChI is InChI=1S/C30H34Cl2N6O3.2ClH/c1-36-17-21-4-7-38(27(21)18-36)30-33-14-25(15-34-30)41-28-9-20(16-37-5-2-19(3-6-37)10-29(39)40)8-26(35-28)22-11-23(31)13-24(32)12-22;;/h8-9,11-15,19,21,27H,2-7,10,16-18H2,1H3,(H,39,40);2*1H. The fourth-order valence-corrected chi connectivity index (χ4v) is 6.98. The normalized spacial score (nSPS) is 20.8. The maximum atomic E-state index is 11.1. The van der Waals surface area contributed by atoms with E-state index in [9.17, 15) is 4.79 Å². The molecule has 3 aliphatic heterocycles. The van der Waals surface area contributed by atoms with Crippen LogP contribution in [0.15, 0.2) is 42.7 Å². The predicted molar refractivity (Wildman–Crippen MR) is 173 cm³/mol. The maximum absolute atomic E-state index is 11.1. The van der Waals surface area contributed by atoms with Crippen LogP contribution in [0.25, 0.3) is 11.3 Å². The van der Waals surface area contributed by atoms with Crippen LogP contribution in [-0.4, -0.2) is 81.6 Å². The molecule has 9 nitrogen and oxygen atoms in total. The lowest BCUT2D eigenvalue weighted by molar-refractivity contribution is -0.138. The number of ether oxygens (including phenoxy) is 1. The van der Waals surface area contributed by atoms with Crippen LogP contribution >= 0.6 is 48.0 Å². The number of aromatic nitrogens is 3. The molecule has 0 aliphatic carbocycles. The molecule has 6 rings (SSSR count). The Kier molecular flexibility index (Phi) is 11.4. The molecule has 3 saturated heterocycles. The van der Waals surface area contributed by atoms with Crippen molar-refractivity contribution in [3.8, 4) is 22.9 Å². The lowest BCUT2D eigenvalue weighted by Gasteiger charge is -2.31. The number of piperidine rings is 1. The number of nitrogens with zero attached hydrogens (tertiary/aromatic N) is 6. The third kappa shape index (κ3) is 8.21. The van der Waals surface area contributed by atoms with E-state index in [1.165, 1.54) is 6.42 Å². The SMILES string of the molecule is CN1CC2CCN(c3ncc(Oc4cc(CN5CCC(CC(=O)O)CC5)cc(-c5cc(Cl)cc(Cl)c5)n4)cn3)C2C1.Cl.Cl. The molecule has 0 spiro atoms. The molecule has 0 bridgehead atoms. The minimum Gasteiger partial charge on any atom is -0.481 e. The highest BCUT2D eigenvalue weighted by molar-refractivity contribution is 6.35. The third-order valence-corrected chi connectivity index (χ3v) is 8.86. The molecule has 3 aromatic rings. The van der Waals surface area contributed by atoms with E-state index in [1.807, 2.05) is 24.3 Å². The number of anilines is 1. The lowest BCUT2D eigenvalue weighted by atomic mass is 9.93. The van der Waals surface area contributed by atoms with Crippen LogP contribution in [0.4, 0.5) is 5.95 Å². The number of aliphatic carboxylic acids is 1. The number of carboxylic acids is 1. The Morgan fingerprint density at radius 1 is 0.977 bits per heavy atom. The Morgan fingerprint density at radius 2 is 1.67 bits per heavy atom. The zero-order valence-corrected chi connectivity index (χ0v) is 27.0. The summed E-state index contributed by atoms with van der Waals surface area (Å²) in [6.45, 7) is 5.53. The number of hydrogen-bond donors (Lipinski definition) is 1. The molecule has 1 N–H and O–H groups in total. The zero-order chi connectivity index (χ0) is 28.5. The van der Waals surface area contributed by atoms with Crippen molar-refractivity contribution in [2.24, 2.45) is 11.8 Å². The average molecular weight is 670 g/mol. The second-order valence-electron chi connectivity index (χ2n) is 11.5. The summed E-state index contributed by atoms with van der Waals surface area (Å²) in [6.07, 6.45) is 6.57. The van der Waals surface area contributed by atoms with E-state index in [0.717, 1.165) is 62.6 Å². The van der Waals surface area contributed by atoms with Crippen molar-refractivity contribution in [3.63, 3.8) is 0 Å². The van der Waals surface area contributed by atoms with Crippen molar-refractivity contribution in [2.45, 2.75) is 38.3 Å². The molecule has 232 valence electrons. The molecule has 0 amide bonds. The number of rotatable bonds is 8. The predicted octanol–water partition coefficient (Wildman–Crippen LogP) is 6.31. The minimum absolute atomic E-state index is 0. The van der Waals surface area contributed by atoms with E-state index < -0.39 is 5.97 Å².